The number of aromatic amines is 1. The van der Waals surface area contributed by atoms with Crippen LogP contribution in [0.2, 0.25) is 0 Å². The average molecular weight is 309 g/mol. The van der Waals surface area contributed by atoms with Crippen LogP contribution in [0.15, 0.2) is 35.4 Å². The highest BCUT2D eigenvalue weighted by molar-refractivity contribution is 7.89. The Bertz CT molecular complexity index is 757. The van der Waals surface area contributed by atoms with Crippen LogP contribution in [-0.2, 0) is 10.0 Å². The van der Waals surface area contributed by atoms with Gasteiger partial charge >= 0.3 is 0 Å². The third-order valence-corrected chi connectivity index (χ3v) is 5.72. The monoisotopic (exact) mass is 309 g/mol. The van der Waals surface area contributed by atoms with E-state index in [1.807, 2.05) is 6.92 Å². The quantitative estimate of drug-likeness (QED) is 0.943. The molecule has 0 amide bonds. The van der Waals surface area contributed by atoms with Crippen molar-refractivity contribution in [3.05, 3.63) is 47.5 Å². The number of H-pyrrole nitrogens is 1. The summed E-state index contributed by atoms with van der Waals surface area (Å²) in [5.74, 6) is -0.438. The highest BCUT2D eigenvalue weighted by atomic mass is 32.2. The summed E-state index contributed by atoms with van der Waals surface area (Å²) in [6.45, 7) is 2.77. The van der Waals surface area contributed by atoms with Crippen molar-refractivity contribution in [3.8, 4) is 0 Å². The van der Waals surface area contributed by atoms with Gasteiger partial charge < -0.3 is 0 Å². The predicted molar refractivity (Wildman–Crippen MR) is 75.8 cm³/mol. The van der Waals surface area contributed by atoms with E-state index in [1.54, 1.807) is 6.20 Å². The zero-order valence-corrected chi connectivity index (χ0v) is 12.4. The normalized spacial score (nSPS) is 20.0. The predicted octanol–water partition coefficient (Wildman–Crippen LogP) is 2.04. The van der Waals surface area contributed by atoms with Crippen molar-refractivity contribution in [3.63, 3.8) is 0 Å². The SMILES string of the molecule is Cc1cn[nH]c1C1CCN(S(=O)(=O)c2cccc(F)c2)C1. The highest BCUT2D eigenvalue weighted by Crippen LogP contribution is 2.31. The molecule has 7 heteroatoms. The van der Waals surface area contributed by atoms with E-state index in [4.69, 9.17) is 0 Å². The van der Waals surface area contributed by atoms with Crippen LogP contribution in [0.4, 0.5) is 4.39 Å². The minimum absolute atomic E-state index is 0.00415. The molecule has 0 aliphatic carbocycles. The van der Waals surface area contributed by atoms with Crippen molar-refractivity contribution in [2.24, 2.45) is 0 Å². The molecular weight excluding hydrogens is 293 g/mol. The standard InChI is InChI=1S/C14H16FN3O2S/c1-10-8-16-17-14(10)11-5-6-18(9-11)21(19,20)13-4-2-3-12(15)7-13/h2-4,7-8,11H,5-6,9H2,1H3,(H,16,17). The van der Waals surface area contributed by atoms with Crippen LogP contribution in [-0.4, -0.2) is 36.0 Å². The summed E-state index contributed by atoms with van der Waals surface area (Å²) >= 11 is 0. The van der Waals surface area contributed by atoms with E-state index in [1.165, 1.54) is 22.5 Å². The third-order valence-electron chi connectivity index (χ3n) is 3.86. The topological polar surface area (TPSA) is 66.1 Å². The number of halogens is 1. The molecule has 21 heavy (non-hydrogen) atoms. The Balaban J connectivity index is 1.84. The average Bonchev–Trinajstić information content (AvgIpc) is 3.07. The Morgan fingerprint density at radius 1 is 1.43 bits per heavy atom. The molecule has 1 aliphatic heterocycles. The van der Waals surface area contributed by atoms with Crippen LogP contribution in [0, 0.1) is 12.7 Å². The minimum Gasteiger partial charge on any atom is -0.282 e. The Kier molecular flexibility index (Phi) is 3.54. The molecule has 5 nitrogen and oxygen atoms in total. The zero-order valence-electron chi connectivity index (χ0n) is 11.6. The van der Waals surface area contributed by atoms with Gasteiger partial charge in [0.05, 0.1) is 11.1 Å². The zero-order chi connectivity index (χ0) is 15.0. The van der Waals surface area contributed by atoms with Crippen LogP contribution in [0.5, 0.6) is 0 Å². The molecule has 0 spiro atoms. The van der Waals surface area contributed by atoms with Gasteiger partial charge in [-0.3, -0.25) is 5.10 Å². The van der Waals surface area contributed by atoms with Gasteiger partial charge in [0.15, 0.2) is 0 Å². The van der Waals surface area contributed by atoms with Crippen molar-refractivity contribution >= 4 is 10.0 Å². The maximum atomic E-state index is 13.2. The summed E-state index contributed by atoms with van der Waals surface area (Å²) in [6.07, 6.45) is 2.47. The van der Waals surface area contributed by atoms with Gasteiger partial charge in [0.2, 0.25) is 10.0 Å². The Labute approximate surface area is 122 Å². The largest absolute Gasteiger partial charge is 0.282 e. The summed E-state index contributed by atoms with van der Waals surface area (Å²) in [5.41, 5.74) is 2.01. The number of aryl methyl sites for hydroxylation is 1. The lowest BCUT2D eigenvalue weighted by Gasteiger charge is -2.16. The van der Waals surface area contributed by atoms with E-state index in [0.717, 1.165) is 23.7 Å². The lowest BCUT2D eigenvalue weighted by atomic mass is 10.0. The fraction of sp³-hybridized carbons (Fsp3) is 0.357. The molecule has 1 aliphatic rings. The fourth-order valence-corrected chi connectivity index (χ4v) is 4.26. The van der Waals surface area contributed by atoms with Gasteiger partial charge in [-0.1, -0.05) is 6.07 Å². The van der Waals surface area contributed by atoms with Crippen molar-refractivity contribution in [1.82, 2.24) is 14.5 Å². The second-order valence-corrected chi connectivity index (χ2v) is 7.21. The molecule has 2 aromatic rings. The molecule has 1 saturated heterocycles. The molecule has 112 valence electrons. The van der Waals surface area contributed by atoms with Crippen LogP contribution in [0.1, 0.15) is 23.6 Å². The van der Waals surface area contributed by atoms with E-state index in [9.17, 15) is 12.8 Å². The van der Waals surface area contributed by atoms with E-state index in [0.29, 0.717) is 13.1 Å². The maximum Gasteiger partial charge on any atom is 0.243 e. The van der Waals surface area contributed by atoms with Gasteiger partial charge in [-0.15, -0.1) is 0 Å². The number of hydrogen-bond donors (Lipinski definition) is 1. The number of aromatic nitrogens is 2. The minimum atomic E-state index is -3.64. The maximum absolute atomic E-state index is 13.2. The summed E-state index contributed by atoms with van der Waals surface area (Å²) < 4.78 is 39.7. The molecule has 3 rings (SSSR count). The molecule has 1 aromatic heterocycles. The van der Waals surface area contributed by atoms with Crippen molar-refractivity contribution in [1.29, 1.82) is 0 Å². The summed E-state index contributed by atoms with van der Waals surface area (Å²) in [7, 11) is -3.64. The van der Waals surface area contributed by atoms with Crippen LogP contribution in [0.3, 0.4) is 0 Å². The number of hydrogen-bond acceptors (Lipinski definition) is 3. The van der Waals surface area contributed by atoms with Gasteiger partial charge in [0.25, 0.3) is 0 Å². The van der Waals surface area contributed by atoms with E-state index < -0.39 is 15.8 Å². The van der Waals surface area contributed by atoms with Crippen molar-refractivity contribution < 1.29 is 12.8 Å². The lowest BCUT2D eigenvalue weighted by molar-refractivity contribution is 0.471. The van der Waals surface area contributed by atoms with Gasteiger partial charge in [-0.05, 0) is 37.1 Å². The molecule has 1 atom stereocenters. The molecule has 0 radical (unpaired) electrons. The first-order chi connectivity index (χ1) is 9.98. The van der Waals surface area contributed by atoms with Crippen LogP contribution < -0.4 is 0 Å². The van der Waals surface area contributed by atoms with Gasteiger partial charge in [-0.2, -0.15) is 9.40 Å². The van der Waals surface area contributed by atoms with Crippen molar-refractivity contribution in [2.75, 3.05) is 13.1 Å². The summed E-state index contributed by atoms with van der Waals surface area (Å²) in [5, 5.41) is 6.92. The number of sulfonamides is 1. The van der Waals surface area contributed by atoms with E-state index in [-0.39, 0.29) is 10.8 Å². The molecule has 1 unspecified atom stereocenters. The first kappa shape index (κ1) is 14.2. The molecule has 0 saturated carbocycles. The second kappa shape index (κ2) is 5.23. The summed E-state index contributed by atoms with van der Waals surface area (Å²) in [6, 6.07) is 5.13. The van der Waals surface area contributed by atoms with E-state index >= 15 is 0 Å². The molecule has 1 aromatic carbocycles. The smallest absolute Gasteiger partial charge is 0.243 e. The number of nitrogens with zero attached hydrogens (tertiary/aromatic N) is 2. The first-order valence-electron chi connectivity index (χ1n) is 6.74. The van der Waals surface area contributed by atoms with Crippen LogP contribution in [0.25, 0.3) is 0 Å². The molecule has 2 heterocycles. The number of nitrogens with one attached hydrogen (secondary N) is 1. The highest BCUT2D eigenvalue weighted by Gasteiger charge is 2.34. The lowest BCUT2D eigenvalue weighted by Crippen LogP contribution is -2.28. The Morgan fingerprint density at radius 2 is 2.24 bits per heavy atom. The number of benzene rings is 1. The second-order valence-electron chi connectivity index (χ2n) is 5.27. The molecule has 0 bridgehead atoms. The van der Waals surface area contributed by atoms with Crippen LogP contribution >= 0.6 is 0 Å². The Morgan fingerprint density at radius 3 is 2.90 bits per heavy atom. The third kappa shape index (κ3) is 2.58. The molecule has 1 fully saturated rings. The first-order valence-corrected chi connectivity index (χ1v) is 8.18. The fourth-order valence-electron chi connectivity index (χ4n) is 2.73. The molecular formula is C14H16FN3O2S. The molecule has 1 N–H and O–H groups in total. The van der Waals surface area contributed by atoms with E-state index in [2.05, 4.69) is 10.2 Å². The van der Waals surface area contributed by atoms with Gasteiger partial charge in [0, 0.05) is 24.7 Å². The summed E-state index contributed by atoms with van der Waals surface area (Å²) in [4.78, 5) is 0.00415. The van der Waals surface area contributed by atoms with Gasteiger partial charge in [0.1, 0.15) is 5.82 Å². The number of rotatable bonds is 3. The Hall–Kier alpha value is -1.73. The van der Waals surface area contributed by atoms with Crippen molar-refractivity contribution in [2.45, 2.75) is 24.2 Å². The van der Waals surface area contributed by atoms with Gasteiger partial charge in [-0.25, -0.2) is 12.8 Å².